The predicted octanol–water partition coefficient (Wildman–Crippen LogP) is 2.07. The van der Waals surface area contributed by atoms with E-state index in [1.54, 1.807) is 12.1 Å². The highest BCUT2D eigenvalue weighted by molar-refractivity contribution is 5.39. The van der Waals surface area contributed by atoms with Crippen molar-refractivity contribution in [2.24, 2.45) is 5.73 Å². The molecule has 1 aromatic carbocycles. The molecule has 0 amide bonds. The Hall–Kier alpha value is -1.22. The highest BCUT2D eigenvalue weighted by atomic mass is 16.5. The number of benzene rings is 1. The van der Waals surface area contributed by atoms with Crippen LogP contribution in [0.4, 0.5) is 0 Å². The summed E-state index contributed by atoms with van der Waals surface area (Å²) >= 11 is 0. The third-order valence-electron chi connectivity index (χ3n) is 2.07. The van der Waals surface area contributed by atoms with Crippen LogP contribution in [0.1, 0.15) is 25.8 Å². The first kappa shape index (κ1) is 11.9. The van der Waals surface area contributed by atoms with Gasteiger partial charge in [-0.15, -0.1) is 0 Å². The summed E-state index contributed by atoms with van der Waals surface area (Å²) in [6, 6.07) is 5.33. The fraction of sp³-hybridized carbons (Fsp3) is 0.500. The summed E-state index contributed by atoms with van der Waals surface area (Å²) < 4.78 is 5.55. The molecule has 1 rings (SSSR count). The summed E-state index contributed by atoms with van der Waals surface area (Å²) in [6.07, 6.45) is 1.81. The van der Waals surface area contributed by atoms with Gasteiger partial charge in [-0.25, -0.2) is 0 Å². The van der Waals surface area contributed by atoms with Gasteiger partial charge in [0.15, 0.2) is 0 Å². The molecule has 84 valence electrons. The highest BCUT2D eigenvalue weighted by Gasteiger charge is 2.04. The second kappa shape index (κ2) is 5.61. The first-order valence-corrected chi connectivity index (χ1v) is 5.32. The van der Waals surface area contributed by atoms with Crippen molar-refractivity contribution in [2.45, 2.75) is 32.8 Å². The molecule has 0 radical (unpaired) electrons. The number of ether oxygens (including phenoxy) is 1. The fourth-order valence-electron chi connectivity index (χ4n) is 1.40. The van der Waals surface area contributed by atoms with Crippen molar-refractivity contribution in [2.75, 3.05) is 6.54 Å². The number of aryl methyl sites for hydroxylation is 1. The van der Waals surface area contributed by atoms with Gasteiger partial charge in [0.2, 0.25) is 0 Å². The third-order valence-corrected chi connectivity index (χ3v) is 2.07. The molecule has 0 aliphatic carbocycles. The van der Waals surface area contributed by atoms with Crippen molar-refractivity contribution in [3.8, 4) is 11.5 Å². The molecular formula is C12H19NO2. The molecule has 0 fully saturated rings. The SMILES string of the molecule is CC(C)Oc1ccc(O)c(CCCN)c1. The molecule has 0 heterocycles. The molecule has 0 unspecified atom stereocenters. The largest absolute Gasteiger partial charge is 0.508 e. The Morgan fingerprint density at radius 2 is 2.13 bits per heavy atom. The summed E-state index contributed by atoms with van der Waals surface area (Å²) in [5, 5.41) is 9.60. The summed E-state index contributed by atoms with van der Waals surface area (Å²) in [5.74, 6) is 1.12. The molecule has 3 nitrogen and oxygen atoms in total. The van der Waals surface area contributed by atoms with E-state index < -0.39 is 0 Å². The van der Waals surface area contributed by atoms with Gasteiger partial charge in [-0.3, -0.25) is 0 Å². The average molecular weight is 209 g/mol. The molecule has 0 saturated carbocycles. The van der Waals surface area contributed by atoms with Gasteiger partial charge < -0.3 is 15.6 Å². The van der Waals surface area contributed by atoms with Crippen molar-refractivity contribution in [3.63, 3.8) is 0 Å². The number of phenols is 1. The van der Waals surface area contributed by atoms with Gasteiger partial charge in [-0.2, -0.15) is 0 Å². The number of hydrogen-bond acceptors (Lipinski definition) is 3. The number of rotatable bonds is 5. The zero-order chi connectivity index (χ0) is 11.3. The normalized spacial score (nSPS) is 10.7. The Bertz CT molecular complexity index is 310. The summed E-state index contributed by atoms with van der Waals surface area (Å²) in [4.78, 5) is 0. The topological polar surface area (TPSA) is 55.5 Å². The van der Waals surface area contributed by atoms with E-state index >= 15 is 0 Å². The maximum atomic E-state index is 9.60. The summed E-state index contributed by atoms with van der Waals surface area (Å²) in [5.41, 5.74) is 6.33. The molecule has 0 aliphatic rings. The number of hydrogen-bond donors (Lipinski definition) is 2. The van der Waals surface area contributed by atoms with Crippen molar-refractivity contribution in [1.82, 2.24) is 0 Å². The average Bonchev–Trinajstić information content (AvgIpc) is 2.18. The Labute approximate surface area is 90.9 Å². The van der Waals surface area contributed by atoms with Crippen LogP contribution in [0, 0.1) is 0 Å². The molecule has 0 spiro atoms. The molecule has 3 N–H and O–H groups in total. The zero-order valence-corrected chi connectivity index (χ0v) is 9.36. The molecule has 0 bridgehead atoms. The number of phenolic OH excluding ortho intramolecular Hbond substituents is 1. The van der Waals surface area contributed by atoms with Crippen LogP contribution < -0.4 is 10.5 Å². The van der Waals surface area contributed by atoms with Gasteiger partial charge in [0.1, 0.15) is 11.5 Å². The van der Waals surface area contributed by atoms with E-state index in [0.29, 0.717) is 12.3 Å². The second-order valence-electron chi connectivity index (χ2n) is 3.85. The van der Waals surface area contributed by atoms with E-state index in [4.69, 9.17) is 10.5 Å². The van der Waals surface area contributed by atoms with E-state index in [1.807, 2.05) is 19.9 Å². The summed E-state index contributed by atoms with van der Waals surface area (Å²) in [7, 11) is 0. The lowest BCUT2D eigenvalue weighted by molar-refractivity contribution is 0.242. The Morgan fingerprint density at radius 3 is 2.73 bits per heavy atom. The van der Waals surface area contributed by atoms with Crippen LogP contribution in [0.25, 0.3) is 0 Å². The van der Waals surface area contributed by atoms with Crippen LogP contribution in [-0.2, 0) is 6.42 Å². The van der Waals surface area contributed by atoms with Gasteiger partial charge >= 0.3 is 0 Å². The minimum absolute atomic E-state index is 0.150. The van der Waals surface area contributed by atoms with Crippen LogP contribution in [0.15, 0.2) is 18.2 Å². The van der Waals surface area contributed by atoms with Crippen LogP contribution >= 0.6 is 0 Å². The standard InChI is InChI=1S/C12H19NO2/c1-9(2)15-11-5-6-12(14)10(8-11)4-3-7-13/h5-6,8-9,14H,3-4,7,13H2,1-2H3. The lowest BCUT2D eigenvalue weighted by Crippen LogP contribution is -2.06. The maximum absolute atomic E-state index is 9.60. The predicted molar refractivity (Wildman–Crippen MR) is 61.2 cm³/mol. The van der Waals surface area contributed by atoms with E-state index in [1.165, 1.54) is 0 Å². The van der Waals surface area contributed by atoms with Gasteiger partial charge in [0.25, 0.3) is 0 Å². The first-order chi connectivity index (χ1) is 7.13. The van der Waals surface area contributed by atoms with Crippen LogP contribution in [-0.4, -0.2) is 17.8 Å². The van der Waals surface area contributed by atoms with E-state index in [2.05, 4.69) is 0 Å². The molecule has 1 aromatic rings. The van der Waals surface area contributed by atoms with Crippen LogP contribution in [0.5, 0.6) is 11.5 Å². The molecule has 0 saturated heterocycles. The van der Waals surface area contributed by atoms with Crippen molar-refractivity contribution >= 4 is 0 Å². The summed E-state index contributed by atoms with van der Waals surface area (Å²) in [6.45, 7) is 4.59. The fourth-order valence-corrected chi connectivity index (χ4v) is 1.40. The number of aromatic hydroxyl groups is 1. The minimum atomic E-state index is 0.150. The highest BCUT2D eigenvalue weighted by Crippen LogP contribution is 2.24. The Balaban J connectivity index is 2.75. The van der Waals surface area contributed by atoms with Gasteiger partial charge in [-0.05, 0) is 57.0 Å². The van der Waals surface area contributed by atoms with Gasteiger partial charge in [-0.1, -0.05) is 0 Å². The smallest absolute Gasteiger partial charge is 0.120 e. The van der Waals surface area contributed by atoms with Gasteiger partial charge in [0.05, 0.1) is 6.10 Å². The van der Waals surface area contributed by atoms with E-state index in [0.717, 1.165) is 24.2 Å². The number of nitrogens with two attached hydrogens (primary N) is 1. The quantitative estimate of drug-likeness (QED) is 0.780. The van der Waals surface area contributed by atoms with Crippen molar-refractivity contribution < 1.29 is 9.84 Å². The monoisotopic (exact) mass is 209 g/mol. The lowest BCUT2D eigenvalue weighted by Gasteiger charge is -2.11. The van der Waals surface area contributed by atoms with Crippen LogP contribution in [0.2, 0.25) is 0 Å². The molecule has 0 atom stereocenters. The maximum Gasteiger partial charge on any atom is 0.120 e. The van der Waals surface area contributed by atoms with Crippen LogP contribution in [0.3, 0.4) is 0 Å². The molecule has 3 heteroatoms. The Kier molecular flexibility index (Phi) is 4.43. The lowest BCUT2D eigenvalue weighted by atomic mass is 10.1. The second-order valence-corrected chi connectivity index (χ2v) is 3.85. The van der Waals surface area contributed by atoms with E-state index in [9.17, 15) is 5.11 Å². The van der Waals surface area contributed by atoms with Crippen molar-refractivity contribution in [1.29, 1.82) is 0 Å². The molecule has 0 aliphatic heterocycles. The zero-order valence-electron chi connectivity index (χ0n) is 9.36. The molecule has 0 aromatic heterocycles. The van der Waals surface area contributed by atoms with Gasteiger partial charge in [0, 0.05) is 0 Å². The molecule has 15 heavy (non-hydrogen) atoms. The van der Waals surface area contributed by atoms with Crippen molar-refractivity contribution in [3.05, 3.63) is 23.8 Å². The minimum Gasteiger partial charge on any atom is -0.508 e. The third kappa shape index (κ3) is 3.80. The Morgan fingerprint density at radius 1 is 1.40 bits per heavy atom. The van der Waals surface area contributed by atoms with E-state index in [-0.39, 0.29) is 6.10 Å². The molecular weight excluding hydrogens is 190 g/mol. The first-order valence-electron chi connectivity index (χ1n) is 5.32.